The van der Waals surface area contributed by atoms with Crippen LogP contribution in [0.15, 0.2) is 47.4 Å². The summed E-state index contributed by atoms with van der Waals surface area (Å²) in [5.41, 5.74) is -1.36. The molecule has 0 radical (unpaired) electrons. The largest absolute Gasteiger partial charge is 0.465 e. The smallest absolute Gasteiger partial charge is 0.416 e. The molecule has 0 aliphatic rings. The Bertz CT molecular complexity index is 893. The third-order valence-corrected chi connectivity index (χ3v) is 4.50. The third kappa shape index (κ3) is 4.27. The highest BCUT2D eigenvalue weighted by Gasteiger charge is 2.30. The first-order valence-electron chi connectivity index (χ1n) is 6.62. The zero-order chi connectivity index (χ0) is 18.8. The normalized spacial score (nSPS) is 11.9. The molecule has 10 heteroatoms. The van der Waals surface area contributed by atoms with Crippen molar-refractivity contribution in [2.45, 2.75) is 11.1 Å². The molecule has 0 fully saturated rings. The van der Waals surface area contributed by atoms with Crippen LogP contribution >= 0.6 is 0 Å². The minimum Gasteiger partial charge on any atom is -0.465 e. The lowest BCUT2D eigenvalue weighted by molar-refractivity contribution is -0.137. The number of methoxy groups -OCH3 is 1. The number of carbonyl (C=O) groups is 1. The van der Waals surface area contributed by atoms with Gasteiger partial charge in [-0.1, -0.05) is 0 Å². The SMILES string of the molecule is COC(=O)c1ccc(F)c(S(=O)(=O)Nc2ccc(C(F)(F)F)cc2)c1. The molecular formula is C15H11F4NO4S. The van der Waals surface area contributed by atoms with Gasteiger partial charge >= 0.3 is 12.1 Å². The van der Waals surface area contributed by atoms with E-state index in [0.717, 1.165) is 37.4 Å². The number of rotatable bonds is 4. The maximum absolute atomic E-state index is 13.8. The van der Waals surface area contributed by atoms with E-state index in [-0.39, 0.29) is 11.3 Å². The molecule has 25 heavy (non-hydrogen) atoms. The Balaban J connectivity index is 2.35. The Hall–Kier alpha value is -2.62. The fourth-order valence-electron chi connectivity index (χ4n) is 1.89. The van der Waals surface area contributed by atoms with Crippen molar-refractivity contribution < 1.29 is 35.5 Å². The van der Waals surface area contributed by atoms with Crippen LogP contribution in [-0.2, 0) is 20.9 Å². The van der Waals surface area contributed by atoms with E-state index in [9.17, 15) is 30.8 Å². The second kappa shape index (κ2) is 6.71. The predicted octanol–water partition coefficient (Wildman–Crippen LogP) is 3.43. The highest BCUT2D eigenvalue weighted by atomic mass is 32.2. The van der Waals surface area contributed by atoms with Gasteiger partial charge in [0, 0.05) is 5.69 Å². The number of alkyl halides is 3. The number of hydrogen-bond donors (Lipinski definition) is 1. The van der Waals surface area contributed by atoms with Gasteiger partial charge in [-0.3, -0.25) is 4.72 Å². The maximum Gasteiger partial charge on any atom is 0.416 e. The number of halogens is 4. The van der Waals surface area contributed by atoms with Crippen LogP contribution in [0.25, 0.3) is 0 Å². The van der Waals surface area contributed by atoms with Crippen molar-refractivity contribution in [3.8, 4) is 0 Å². The van der Waals surface area contributed by atoms with E-state index in [0.29, 0.717) is 12.1 Å². The predicted molar refractivity (Wildman–Crippen MR) is 80.0 cm³/mol. The van der Waals surface area contributed by atoms with Crippen LogP contribution in [0.5, 0.6) is 0 Å². The van der Waals surface area contributed by atoms with E-state index in [1.165, 1.54) is 0 Å². The standard InChI is InChI=1S/C15H11F4NO4S/c1-24-14(21)9-2-7-12(16)13(8-9)25(22,23)20-11-5-3-10(4-6-11)15(17,18)19/h2-8,20H,1H3. The number of hydrogen-bond acceptors (Lipinski definition) is 4. The van der Waals surface area contributed by atoms with Crippen LogP contribution in [0.1, 0.15) is 15.9 Å². The first-order chi connectivity index (χ1) is 11.5. The van der Waals surface area contributed by atoms with Crippen LogP contribution < -0.4 is 4.72 Å². The first-order valence-corrected chi connectivity index (χ1v) is 8.11. The van der Waals surface area contributed by atoms with E-state index >= 15 is 0 Å². The molecule has 2 aromatic carbocycles. The van der Waals surface area contributed by atoms with E-state index in [1.807, 2.05) is 4.72 Å². The van der Waals surface area contributed by atoms with Gasteiger partial charge in [-0.2, -0.15) is 13.2 Å². The first kappa shape index (κ1) is 18.7. The minimum atomic E-state index is -4.57. The quantitative estimate of drug-likeness (QED) is 0.655. The third-order valence-electron chi connectivity index (χ3n) is 3.11. The van der Waals surface area contributed by atoms with Crippen molar-refractivity contribution in [1.29, 1.82) is 0 Å². The van der Waals surface area contributed by atoms with Crippen LogP contribution in [0.2, 0.25) is 0 Å². The molecule has 0 spiro atoms. The minimum absolute atomic E-state index is 0.198. The van der Waals surface area contributed by atoms with Gasteiger partial charge in [-0.25, -0.2) is 17.6 Å². The Morgan fingerprint density at radius 2 is 1.68 bits per heavy atom. The average Bonchev–Trinajstić information content (AvgIpc) is 2.53. The van der Waals surface area contributed by atoms with E-state index in [4.69, 9.17) is 0 Å². The summed E-state index contributed by atoms with van der Waals surface area (Å²) in [6.07, 6.45) is -4.57. The number of ether oxygens (including phenoxy) is 1. The van der Waals surface area contributed by atoms with Gasteiger partial charge < -0.3 is 4.74 Å². The molecule has 0 saturated heterocycles. The molecule has 1 N–H and O–H groups in total. The summed E-state index contributed by atoms with van der Waals surface area (Å²) in [6, 6.07) is 5.72. The van der Waals surface area contributed by atoms with Gasteiger partial charge in [-0.15, -0.1) is 0 Å². The summed E-state index contributed by atoms with van der Waals surface area (Å²) in [7, 11) is -3.40. The lowest BCUT2D eigenvalue weighted by Crippen LogP contribution is -2.16. The van der Waals surface area contributed by atoms with E-state index in [2.05, 4.69) is 4.74 Å². The summed E-state index contributed by atoms with van der Waals surface area (Å²) in [5, 5.41) is 0. The lowest BCUT2D eigenvalue weighted by atomic mass is 10.2. The van der Waals surface area contributed by atoms with Gasteiger partial charge in [0.1, 0.15) is 10.7 Å². The second-order valence-electron chi connectivity index (χ2n) is 4.82. The number of nitrogens with one attached hydrogen (secondary N) is 1. The molecule has 2 aromatic rings. The molecule has 0 amide bonds. The molecule has 0 atom stereocenters. The van der Waals surface area contributed by atoms with Gasteiger partial charge in [0.15, 0.2) is 0 Å². The molecule has 134 valence electrons. The summed E-state index contributed by atoms with van der Waals surface area (Å²) in [6.45, 7) is 0. The van der Waals surface area contributed by atoms with Crippen molar-refractivity contribution in [2.75, 3.05) is 11.8 Å². The van der Waals surface area contributed by atoms with E-state index < -0.39 is 38.4 Å². The number of benzene rings is 2. The highest BCUT2D eigenvalue weighted by molar-refractivity contribution is 7.92. The summed E-state index contributed by atoms with van der Waals surface area (Å²) >= 11 is 0. The summed E-state index contributed by atoms with van der Waals surface area (Å²) in [4.78, 5) is 10.6. The molecule has 0 aliphatic carbocycles. The molecule has 0 heterocycles. The zero-order valence-corrected chi connectivity index (χ0v) is 13.4. The van der Waals surface area contributed by atoms with Crippen molar-refractivity contribution >= 4 is 21.7 Å². The number of anilines is 1. The number of esters is 1. The molecule has 5 nitrogen and oxygen atoms in total. The lowest BCUT2D eigenvalue weighted by Gasteiger charge is -2.11. The monoisotopic (exact) mass is 377 g/mol. The molecule has 0 bridgehead atoms. The fraction of sp³-hybridized carbons (Fsp3) is 0.133. The highest BCUT2D eigenvalue weighted by Crippen LogP contribution is 2.30. The summed E-state index contributed by atoms with van der Waals surface area (Å²) in [5.74, 6) is -2.00. The van der Waals surface area contributed by atoms with Crippen molar-refractivity contribution in [1.82, 2.24) is 0 Å². The average molecular weight is 377 g/mol. The topological polar surface area (TPSA) is 72.5 Å². The van der Waals surface area contributed by atoms with Crippen molar-refractivity contribution in [3.05, 3.63) is 59.4 Å². The molecule has 0 aromatic heterocycles. The Kier molecular flexibility index (Phi) is 5.02. The Labute approximate surface area is 140 Å². The van der Waals surface area contributed by atoms with Crippen molar-refractivity contribution in [3.63, 3.8) is 0 Å². The maximum atomic E-state index is 13.8. The van der Waals surface area contributed by atoms with Gasteiger partial charge in [0.2, 0.25) is 0 Å². The van der Waals surface area contributed by atoms with Crippen LogP contribution in [0.4, 0.5) is 23.2 Å². The van der Waals surface area contributed by atoms with E-state index in [1.54, 1.807) is 0 Å². The Morgan fingerprint density at radius 1 is 1.08 bits per heavy atom. The van der Waals surface area contributed by atoms with Gasteiger partial charge in [0.05, 0.1) is 18.2 Å². The second-order valence-corrected chi connectivity index (χ2v) is 6.47. The number of carbonyl (C=O) groups excluding carboxylic acids is 1. The zero-order valence-electron chi connectivity index (χ0n) is 12.6. The Morgan fingerprint density at radius 3 is 2.20 bits per heavy atom. The van der Waals surface area contributed by atoms with Crippen LogP contribution in [-0.4, -0.2) is 21.5 Å². The molecule has 0 unspecified atom stereocenters. The molecule has 0 saturated carbocycles. The summed E-state index contributed by atoms with van der Waals surface area (Å²) < 4.78 is 82.2. The fourth-order valence-corrected chi connectivity index (χ4v) is 3.05. The van der Waals surface area contributed by atoms with Gasteiger partial charge in [-0.05, 0) is 42.5 Å². The molecule has 0 aliphatic heterocycles. The van der Waals surface area contributed by atoms with Crippen LogP contribution in [0.3, 0.4) is 0 Å². The van der Waals surface area contributed by atoms with Gasteiger partial charge in [0.25, 0.3) is 10.0 Å². The number of sulfonamides is 1. The molecule has 2 rings (SSSR count). The van der Waals surface area contributed by atoms with Crippen LogP contribution in [0, 0.1) is 5.82 Å². The molecular weight excluding hydrogens is 366 g/mol. The van der Waals surface area contributed by atoms with Crippen molar-refractivity contribution in [2.24, 2.45) is 0 Å².